The van der Waals surface area contributed by atoms with E-state index in [2.05, 4.69) is 14.8 Å². The van der Waals surface area contributed by atoms with Crippen LogP contribution in [0.1, 0.15) is 6.92 Å². The molecule has 2 rings (SSSR count). The number of anilines is 1. The number of hydrogen-bond donors (Lipinski definition) is 1. The molecule has 0 aromatic heterocycles. The molecule has 8 nitrogen and oxygen atoms in total. The summed E-state index contributed by atoms with van der Waals surface area (Å²) in [4.78, 5) is 47.2. The summed E-state index contributed by atoms with van der Waals surface area (Å²) in [6.45, 7) is 1.01. The van der Waals surface area contributed by atoms with Crippen molar-refractivity contribution in [2.24, 2.45) is 0 Å². The van der Waals surface area contributed by atoms with E-state index in [0.717, 1.165) is 0 Å². The van der Waals surface area contributed by atoms with Gasteiger partial charge in [0, 0.05) is 0 Å². The normalized spacial score (nSPS) is 9.81. The highest BCUT2D eigenvalue weighted by Crippen LogP contribution is 2.18. The zero-order valence-corrected chi connectivity index (χ0v) is 14.5. The first-order valence-corrected chi connectivity index (χ1v) is 8.01. The van der Waals surface area contributed by atoms with E-state index in [1.807, 2.05) is 0 Å². The number of esters is 2. The van der Waals surface area contributed by atoms with Crippen LogP contribution in [0.25, 0.3) is 0 Å². The van der Waals surface area contributed by atoms with Crippen LogP contribution in [0.5, 0.6) is 11.5 Å². The Labute approximate surface area is 154 Å². The highest BCUT2D eigenvalue weighted by Gasteiger charge is 2.19. The standard InChI is InChI=1S/C19H17NO7/c1-2-25-16(21)12-26-19(24)18(23)20-14-10-6-7-11-15(17(14)22)27-13-8-4-3-5-9-13/h3-11H,2,12H2,1H3,(H,20,22,23). The van der Waals surface area contributed by atoms with Gasteiger partial charge in [-0.1, -0.05) is 30.3 Å². The van der Waals surface area contributed by atoms with Crippen molar-refractivity contribution >= 4 is 23.5 Å². The highest BCUT2D eigenvalue weighted by molar-refractivity contribution is 6.37. The average Bonchev–Trinajstić information content (AvgIpc) is 2.83. The van der Waals surface area contributed by atoms with Gasteiger partial charge in [0.15, 0.2) is 12.4 Å². The second-order valence-corrected chi connectivity index (χ2v) is 5.08. The number of rotatable bonds is 6. The number of nitrogens with one attached hydrogen (secondary N) is 1. The van der Waals surface area contributed by atoms with Gasteiger partial charge >= 0.3 is 17.8 Å². The lowest BCUT2D eigenvalue weighted by atomic mass is 10.3. The molecule has 2 aromatic rings. The van der Waals surface area contributed by atoms with Gasteiger partial charge in [-0.15, -0.1) is 0 Å². The van der Waals surface area contributed by atoms with Gasteiger partial charge in [-0.25, -0.2) is 9.59 Å². The van der Waals surface area contributed by atoms with Gasteiger partial charge in [0.25, 0.3) is 0 Å². The topological polar surface area (TPSA) is 108 Å². The van der Waals surface area contributed by atoms with E-state index < -0.39 is 29.9 Å². The van der Waals surface area contributed by atoms with E-state index in [1.54, 1.807) is 43.3 Å². The molecule has 0 fully saturated rings. The molecule has 0 saturated carbocycles. The van der Waals surface area contributed by atoms with E-state index in [1.165, 1.54) is 18.2 Å². The van der Waals surface area contributed by atoms with Crippen molar-refractivity contribution < 1.29 is 28.6 Å². The van der Waals surface area contributed by atoms with E-state index in [4.69, 9.17) is 4.74 Å². The Balaban J connectivity index is 2.10. The molecule has 0 aliphatic carbocycles. The van der Waals surface area contributed by atoms with Crippen LogP contribution in [-0.4, -0.2) is 31.1 Å². The smallest absolute Gasteiger partial charge is 0.397 e. The van der Waals surface area contributed by atoms with E-state index in [0.29, 0.717) is 5.75 Å². The SMILES string of the molecule is CCOC(=O)COC(=O)C(=O)Nc1ccccc(Oc2ccccc2)c1=O. The fraction of sp³-hybridized carbons (Fsp3) is 0.158. The summed E-state index contributed by atoms with van der Waals surface area (Å²) in [7, 11) is 0. The number of hydrogen-bond acceptors (Lipinski definition) is 7. The summed E-state index contributed by atoms with van der Waals surface area (Å²) in [6.07, 6.45) is 0. The van der Waals surface area contributed by atoms with Crippen LogP contribution in [0, 0.1) is 0 Å². The minimum atomic E-state index is -1.32. The van der Waals surface area contributed by atoms with Crippen molar-refractivity contribution in [3.63, 3.8) is 0 Å². The molecule has 0 heterocycles. The summed E-state index contributed by atoms with van der Waals surface area (Å²) in [5.41, 5.74) is -0.806. The molecule has 0 spiro atoms. The third-order valence-corrected chi connectivity index (χ3v) is 3.12. The number of para-hydroxylation sites is 1. The van der Waals surface area contributed by atoms with Crippen LogP contribution in [-0.2, 0) is 23.9 Å². The first-order valence-electron chi connectivity index (χ1n) is 8.01. The Morgan fingerprint density at radius 3 is 2.30 bits per heavy atom. The van der Waals surface area contributed by atoms with Crippen molar-refractivity contribution in [3.8, 4) is 11.5 Å². The Kier molecular flexibility index (Phi) is 7.07. The summed E-state index contributed by atoms with van der Waals surface area (Å²) in [6, 6.07) is 14.4. The van der Waals surface area contributed by atoms with Crippen LogP contribution in [0.2, 0.25) is 0 Å². The van der Waals surface area contributed by atoms with Crippen molar-refractivity contribution in [1.29, 1.82) is 0 Å². The number of amides is 1. The molecule has 0 aliphatic rings. The van der Waals surface area contributed by atoms with Gasteiger partial charge in [0.05, 0.1) is 12.3 Å². The zero-order chi connectivity index (χ0) is 19.6. The molecular formula is C19H17NO7. The second kappa shape index (κ2) is 9.71. The van der Waals surface area contributed by atoms with Crippen molar-refractivity contribution in [3.05, 3.63) is 64.8 Å². The number of ether oxygens (including phenoxy) is 3. The molecule has 0 atom stereocenters. The maximum absolute atomic E-state index is 12.5. The van der Waals surface area contributed by atoms with E-state index in [-0.39, 0.29) is 18.0 Å². The van der Waals surface area contributed by atoms with Gasteiger partial charge in [-0.3, -0.25) is 9.59 Å². The molecule has 1 amide bonds. The van der Waals surface area contributed by atoms with E-state index >= 15 is 0 Å². The fourth-order valence-corrected chi connectivity index (χ4v) is 1.94. The fourth-order valence-electron chi connectivity index (χ4n) is 1.94. The predicted octanol–water partition coefficient (Wildman–Crippen LogP) is 1.88. The summed E-state index contributed by atoms with van der Waals surface area (Å²) in [5.74, 6) is -2.91. The Bertz CT molecular complexity index is 881. The second-order valence-electron chi connectivity index (χ2n) is 5.08. The molecule has 1 N–H and O–H groups in total. The third-order valence-electron chi connectivity index (χ3n) is 3.12. The van der Waals surface area contributed by atoms with Crippen LogP contribution in [0.15, 0.2) is 59.4 Å². The first kappa shape index (κ1) is 19.6. The summed E-state index contributed by atoms with van der Waals surface area (Å²) >= 11 is 0. The Hall–Kier alpha value is -3.68. The molecule has 0 aliphatic heterocycles. The number of benzene rings is 1. The van der Waals surface area contributed by atoms with Crippen molar-refractivity contribution in [2.75, 3.05) is 18.5 Å². The summed E-state index contributed by atoms with van der Waals surface area (Å²) in [5, 5.41) is 2.15. The molecule has 2 aromatic carbocycles. The predicted molar refractivity (Wildman–Crippen MR) is 95.4 cm³/mol. The molecular weight excluding hydrogens is 354 g/mol. The monoisotopic (exact) mass is 371 g/mol. The third kappa shape index (κ3) is 5.96. The van der Waals surface area contributed by atoms with Gasteiger partial charge in [0.1, 0.15) is 5.75 Å². The van der Waals surface area contributed by atoms with Crippen LogP contribution >= 0.6 is 0 Å². The van der Waals surface area contributed by atoms with Crippen LogP contribution in [0.4, 0.5) is 5.69 Å². The molecule has 27 heavy (non-hydrogen) atoms. The zero-order valence-electron chi connectivity index (χ0n) is 14.5. The maximum atomic E-state index is 12.5. The van der Waals surface area contributed by atoms with E-state index in [9.17, 15) is 19.2 Å². The lowest BCUT2D eigenvalue weighted by Crippen LogP contribution is -2.29. The van der Waals surface area contributed by atoms with Gasteiger partial charge in [-0.05, 0) is 31.2 Å². The lowest BCUT2D eigenvalue weighted by molar-refractivity contribution is -0.161. The maximum Gasteiger partial charge on any atom is 0.397 e. The van der Waals surface area contributed by atoms with Crippen LogP contribution < -0.4 is 15.5 Å². The molecule has 0 radical (unpaired) electrons. The van der Waals surface area contributed by atoms with Gasteiger partial charge in [-0.2, -0.15) is 0 Å². The molecule has 8 heteroatoms. The molecule has 0 bridgehead atoms. The first-order chi connectivity index (χ1) is 13.0. The summed E-state index contributed by atoms with van der Waals surface area (Å²) < 4.78 is 14.6. The lowest BCUT2D eigenvalue weighted by Gasteiger charge is -2.06. The van der Waals surface area contributed by atoms with Gasteiger partial charge < -0.3 is 19.5 Å². The number of carbonyl (C=O) groups is 3. The minimum absolute atomic E-state index is 0.0404. The van der Waals surface area contributed by atoms with Crippen molar-refractivity contribution in [1.82, 2.24) is 0 Å². The molecule has 0 unspecified atom stereocenters. The van der Waals surface area contributed by atoms with Crippen LogP contribution in [0.3, 0.4) is 0 Å². The molecule has 140 valence electrons. The average molecular weight is 371 g/mol. The highest BCUT2D eigenvalue weighted by atomic mass is 16.6. The van der Waals surface area contributed by atoms with Gasteiger partial charge in [0.2, 0.25) is 5.43 Å². The van der Waals surface area contributed by atoms with Crippen molar-refractivity contribution in [2.45, 2.75) is 6.92 Å². The largest absolute Gasteiger partial charge is 0.463 e. The Morgan fingerprint density at radius 2 is 1.59 bits per heavy atom. The molecule has 0 saturated heterocycles. The quantitative estimate of drug-likeness (QED) is 0.610. The minimum Gasteiger partial charge on any atom is -0.463 e. The number of carbonyl (C=O) groups excluding carboxylic acids is 3. The Morgan fingerprint density at radius 1 is 0.926 bits per heavy atom.